The molecule has 0 aliphatic carbocycles. The molecule has 0 bridgehead atoms. The van der Waals surface area contributed by atoms with Crippen LogP contribution in [0.15, 0.2) is 42.5 Å². The molecular formula is C22H27NO4. The molecule has 0 atom stereocenters. The first kappa shape index (κ1) is 20.4. The number of ether oxygens (including phenoxy) is 3. The first-order valence-corrected chi connectivity index (χ1v) is 8.68. The van der Waals surface area contributed by atoms with Gasteiger partial charge in [-0.15, -0.1) is 0 Å². The van der Waals surface area contributed by atoms with Gasteiger partial charge in [-0.1, -0.05) is 45.0 Å². The Balaban J connectivity index is 2.12. The second-order valence-electron chi connectivity index (χ2n) is 7.11. The van der Waals surface area contributed by atoms with Gasteiger partial charge >= 0.3 is 0 Å². The Morgan fingerprint density at radius 1 is 0.926 bits per heavy atom. The molecule has 0 saturated carbocycles. The van der Waals surface area contributed by atoms with E-state index in [-0.39, 0.29) is 11.3 Å². The Hall–Kier alpha value is -2.95. The molecule has 0 saturated heterocycles. The smallest absolute Gasteiger partial charge is 0.248 e. The normalized spacial score (nSPS) is 11.3. The van der Waals surface area contributed by atoms with Crippen LogP contribution in [0.3, 0.4) is 0 Å². The highest BCUT2D eigenvalue weighted by Crippen LogP contribution is 2.39. The van der Waals surface area contributed by atoms with Gasteiger partial charge in [0.05, 0.1) is 21.3 Å². The lowest BCUT2D eigenvalue weighted by Crippen LogP contribution is -2.10. The molecule has 0 heterocycles. The fourth-order valence-corrected chi connectivity index (χ4v) is 2.60. The zero-order chi connectivity index (χ0) is 20.0. The monoisotopic (exact) mass is 369 g/mol. The summed E-state index contributed by atoms with van der Waals surface area (Å²) in [6.07, 6.45) is 3.27. The molecular weight excluding hydrogens is 342 g/mol. The third-order valence-corrected chi connectivity index (χ3v) is 4.14. The number of hydrogen-bond donors (Lipinski definition) is 1. The zero-order valence-corrected chi connectivity index (χ0v) is 16.8. The largest absolute Gasteiger partial charge is 0.493 e. The van der Waals surface area contributed by atoms with E-state index in [2.05, 4.69) is 38.2 Å². The first-order chi connectivity index (χ1) is 12.8. The summed E-state index contributed by atoms with van der Waals surface area (Å²) in [5.74, 6) is 1.19. The maximum absolute atomic E-state index is 12.3. The Bertz CT molecular complexity index is 792. The quantitative estimate of drug-likeness (QED) is 0.752. The van der Waals surface area contributed by atoms with Crippen LogP contribution in [0.1, 0.15) is 31.9 Å². The fraction of sp³-hybridized carbons (Fsp3) is 0.318. The Morgan fingerprint density at radius 3 is 1.93 bits per heavy atom. The first-order valence-electron chi connectivity index (χ1n) is 8.68. The maximum atomic E-state index is 12.3. The molecule has 144 valence electrons. The van der Waals surface area contributed by atoms with Crippen molar-refractivity contribution >= 4 is 17.7 Å². The van der Waals surface area contributed by atoms with Gasteiger partial charge in [0.1, 0.15) is 0 Å². The van der Waals surface area contributed by atoms with Crippen molar-refractivity contribution in [1.29, 1.82) is 0 Å². The number of hydrogen-bond acceptors (Lipinski definition) is 4. The maximum Gasteiger partial charge on any atom is 0.248 e. The summed E-state index contributed by atoms with van der Waals surface area (Å²) in [4.78, 5) is 12.3. The summed E-state index contributed by atoms with van der Waals surface area (Å²) < 4.78 is 15.9. The summed E-state index contributed by atoms with van der Waals surface area (Å²) in [5, 5.41) is 2.81. The van der Waals surface area contributed by atoms with Gasteiger partial charge in [0.15, 0.2) is 11.5 Å². The predicted octanol–water partition coefficient (Wildman–Crippen LogP) is 4.66. The van der Waals surface area contributed by atoms with Crippen molar-refractivity contribution in [3.05, 3.63) is 53.6 Å². The minimum atomic E-state index is -0.246. The van der Waals surface area contributed by atoms with E-state index in [4.69, 9.17) is 14.2 Å². The van der Waals surface area contributed by atoms with Gasteiger partial charge in [0.2, 0.25) is 11.7 Å². The van der Waals surface area contributed by atoms with Crippen LogP contribution in [0, 0.1) is 0 Å². The summed E-state index contributed by atoms with van der Waals surface area (Å²) in [7, 11) is 4.60. The third kappa shape index (κ3) is 5.26. The van der Waals surface area contributed by atoms with Gasteiger partial charge in [0, 0.05) is 23.9 Å². The van der Waals surface area contributed by atoms with Crippen LogP contribution in [0.2, 0.25) is 0 Å². The van der Waals surface area contributed by atoms with Crippen LogP contribution in [0.25, 0.3) is 6.08 Å². The lowest BCUT2D eigenvalue weighted by Gasteiger charge is -2.18. The Morgan fingerprint density at radius 2 is 1.48 bits per heavy atom. The average Bonchev–Trinajstić information content (AvgIpc) is 2.65. The lowest BCUT2D eigenvalue weighted by atomic mass is 9.87. The highest BCUT2D eigenvalue weighted by atomic mass is 16.5. The van der Waals surface area contributed by atoms with E-state index < -0.39 is 0 Å². The molecule has 2 aromatic rings. The molecule has 0 spiro atoms. The summed E-state index contributed by atoms with van der Waals surface area (Å²) in [5.41, 5.74) is 2.87. The van der Waals surface area contributed by atoms with Crippen LogP contribution in [-0.4, -0.2) is 27.2 Å². The number of nitrogens with one attached hydrogen (secondary N) is 1. The van der Waals surface area contributed by atoms with Crippen LogP contribution in [0.5, 0.6) is 17.2 Å². The molecule has 0 aliphatic rings. The average molecular weight is 369 g/mol. The number of amides is 1. The van der Waals surface area contributed by atoms with E-state index in [1.54, 1.807) is 18.2 Å². The van der Waals surface area contributed by atoms with Crippen molar-refractivity contribution in [2.24, 2.45) is 0 Å². The third-order valence-electron chi connectivity index (χ3n) is 4.14. The van der Waals surface area contributed by atoms with Crippen molar-refractivity contribution < 1.29 is 19.0 Å². The number of rotatable bonds is 6. The minimum Gasteiger partial charge on any atom is -0.493 e. The molecule has 0 radical (unpaired) electrons. The van der Waals surface area contributed by atoms with E-state index in [9.17, 15) is 4.79 Å². The van der Waals surface area contributed by atoms with Crippen LogP contribution < -0.4 is 19.5 Å². The van der Waals surface area contributed by atoms with Crippen molar-refractivity contribution in [2.75, 3.05) is 26.6 Å². The molecule has 5 heteroatoms. The lowest BCUT2D eigenvalue weighted by molar-refractivity contribution is -0.111. The van der Waals surface area contributed by atoms with Crippen LogP contribution in [-0.2, 0) is 10.2 Å². The van der Waals surface area contributed by atoms with E-state index in [1.807, 2.05) is 12.1 Å². The van der Waals surface area contributed by atoms with Gasteiger partial charge in [0.25, 0.3) is 0 Å². The van der Waals surface area contributed by atoms with Crippen molar-refractivity contribution in [2.45, 2.75) is 26.2 Å². The number of carbonyl (C=O) groups is 1. The van der Waals surface area contributed by atoms with Crippen molar-refractivity contribution in [3.63, 3.8) is 0 Å². The number of benzene rings is 2. The van der Waals surface area contributed by atoms with Crippen molar-refractivity contribution in [1.82, 2.24) is 0 Å². The van der Waals surface area contributed by atoms with Crippen LogP contribution in [0.4, 0.5) is 5.69 Å². The molecule has 0 aromatic heterocycles. The summed E-state index contributed by atoms with van der Waals surface area (Å²) in [6, 6.07) is 11.5. The second kappa shape index (κ2) is 8.62. The molecule has 0 unspecified atom stereocenters. The molecule has 5 nitrogen and oxygen atoms in total. The number of methoxy groups -OCH3 is 3. The number of carbonyl (C=O) groups excluding carboxylic acids is 1. The molecule has 2 rings (SSSR count). The Kier molecular flexibility index (Phi) is 6.50. The summed E-state index contributed by atoms with van der Waals surface area (Å²) in [6.45, 7) is 6.51. The van der Waals surface area contributed by atoms with Gasteiger partial charge in [-0.25, -0.2) is 0 Å². The van der Waals surface area contributed by atoms with Gasteiger partial charge < -0.3 is 19.5 Å². The van der Waals surface area contributed by atoms with Gasteiger partial charge in [-0.05, 0) is 22.6 Å². The van der Waals surface area contributed by atoms with E-state index in [0.29, 0.717) is 22.9 Å². The predicted molar refractivity (Wildman–Crippen MR) is 109 cm³/mol. The summed E-state index contributed by atoms with van der Waals surface area (Å²) >= 11 is 0. The molecule has 27 heavy (non-hydrogen) atoms. The van der Waals surface area contributed by atoms with Gasteiger partial charge in [-0.3, -0.25) is 4.79 Å². The van der Waals surface area contributed by atoms with E-state index >= 15 is 0 Å². The fourth-order valence-electron chi connectivity index (χ4n) is 2.60. The molecule has 1 amide bonds. The molecule has 0 fully saturated rings. The highest BCUT2D eigenvalue weighted by molar-refractivity contribution is 6.02. The molecule has 2 aromatic carbocycles. The SMILES string of the molecule is COc1cc(NC(=O)C=Cc2ccc(C(C)(C)C)cc2)cc(OC)c1OC. The van der Waals surface area contributed by atoms with E-state index in [0.717, 1.165) is 5.56 Å². The van der Waals surface area contributed by atoms with Crippen LogP contribution >= 0.6 is 0 Å². The van der Waals surface area contributed by atoms with Crippen molar-refractivity contribution in [3.8, 4) is 17.2 Å². The number of anilines is 1. The minimum absolute atomic E-state index is 0.103. The zero-order valence-electron chi connectivity index (χ0n) is 16.8. The second-order valence-corrected chi connectivity index (χ2v) is 7.11. The standard InChI is InChI=1S/C22H27NO4/c1-22(2,3)16-10-7-15(8-11-16)9-12-20(24)23-17-13-18(25-4)21(27-6)19(14-17)26-5/h7-14H,1-6H3,(H,23,24). The molecule has 1 N–H and O–H groups in total. The topological polar surface area (TPSA) is 56.8 Å². The highest BCUT2D eigenvalue weighted by Gasteiger charge is 2.14. The van der Waals surface area contributed by atoms with E-state index in [1.165, 1.54) is 33.0 Å². The Labute approximate surface area is 161 Å². The van der Waals surface area contributed by atoms with Gasteiger partial charge in [-0.2, -0.15) is 0 Å². The molecule has 0 aliphatic heterocycles.